The molecule has 0 amide bonds. The molecule has 174 valence electrons. The Morgan fingerprint density at radius 3 is 1.53 bits per heavy atom. The first-order valence-electron chi connectivity index (χ1n) is 12.7. The summed E-state index contributed by atoms with van der Waals surface area (Å²) >= 11 is 0. The highest BCUT2D eigenvalue weighted by Gasteiger charge is 2.55. The highest BCUT2D eigenvalue weighted by Crippen LogP contribution is 2.57. The van der Waals surface area contributed by atoms with Gasteiger partial charge in [-0.15, -0.1) is 0 Å². The summed E-state index contributed by atoms with van der Waals surface area (Å²) in [6.45, 7) is 9.66. The normalized spacial score (nSPS) is 48.1. The van der Waals surface area contributed by atoms with Crippen LogP contribution in [0.2, 0.25) is 0 Å². The van der Waals surface area contributed by atoms with E-state index in [2.05, 4.69) is 13.8 Å². The molecule has 0 aromatic heterocycles. The summed E-state index contributed by atoms with van der Waals surface area (Å²) in [6, 6.07) is 0. The molecule has 0 bridgehead atoms. The molecule has 6 rings (SSSR count). The molecule has 0 aromatic rings. The van der Waals surface area contributed by atoms with Gasteiger partial charge in [0.15, 0.2) is 0 Å². The number of hydrogen-bond acceptors (Lipinski definition) is 2. The van der Waals surface area contributed by atoms with E-state index in [0.717, 1.165) is 48.0 Å². The Balaban J connectivity index is 1.43. The molecule has 2 heterocycles. The van der Waals surface area contributed by atoms with E-state index in [-0.39, 0.29) is 12.2 Å². The molecule has 2 fully saturated rings. The van der Waals surface area contributed by atoms with E-state index < -0.39 is 24.2 Å². The van der Waals surface area contributed by atoms with Gasteiger partial charge in [0.2, 0.25) is 0 Å². The summed E-state index contributed by atoms with van der Waals surface area (Å²) in [5.41, 5.74) is 6.08. The van der Waals surface area contributed by atoms with Gasteiger partial charge in [-0.25, -0.2) is 8.78 Å². The van der Waals surface area contributed by atoms with E-state index in [9.17, 15) is 0 Å². The molecule has 9 unspecified atom stereocenters. The van der Waals surface area contributed by atoms with Crippen molar-refractivity contribution in [1.82, 2.24) is 0 Å². The number of ether oxygens (including phenoxy) is 2. The minimum absolute atomic E-state index is 0.0549. The Morgan fingerprint density at radius 1 is 0.719 bits per heavy atom. The third kappa shape index (κ3) is 3.08. The molecule has 2 nitrogen and oxygen atoms in total. The van der Waals surface area contributed by atoms with Gasteiger partial charge < -0.3 is 9.47 Å². The third-order valence-electron chi connectivity index (χ3n) is 9.12. The van der Waals surface area contributed by atoms with Crippen LogP contribution in [0.3, 0.4) is 0 Å². The molecule has 0 spiro atoms. The lowest BCUT2D eigenvalue weighted by atomic mass is 9.66. The molecular formula is C28H36F2O2. The van der Waals surface area contributed by atoms with Gasteiger partial charge in [-0.05, 0) is 96.6 Å². The number of allylic oxidation sites excluding steroid dienone is 6. The number of halogens is 2. The SMILES string of the molecule is CC1=CC2=C(C3OCC(C)CC3C2)C([C@@H]2C3=C(C=C(C)C2F)CC2CC(C)COC32)C1F. The lowest BCUT2D eigenvalue weighted by Gasteiger charge is -2.44. The van der Waals surface area contributed by atoms with E-state index in [1.807, 2.05) is 26.0 Å². The molecule has 10 atom stereocenters. The van der Waals surface area contributed by atoms with E-state index in [4.69, 9.17) is 9.47 Å². The van der Waals surface area contributed by atoms with Crippen LogP contribution in [0.25, 0.3) is 0 Å². The van der Waals surface area contributed by atoms with Crippen LogP contribution in [-0.4, -0.2) is 37.8 Å². The summed E-state index contributed by atoms with van der Waals surface area (Å²) in [5, 5.41) is 0. The number of fused-ring (bicyclic) bond motifs is 4. The predicted molar refractivity (Wildman–Crippen MR) is 122 cm³/mol. The second kappa shape index (κ2) is 7.63. The smallest absolute Gasteiger partial charge is 0.128 e. The van der Waals surface area contributed by atoms with Crippen molar-refractivity contribution in [3.05, 3.63) is 45.6 Å². The van der Waals surface area contributed by atoms with E-state index in [1.54, 1.807) is 0 Å². The van der Waals surface area contributed by atoms with Gasteiger partial charge >= 0.3 is 0 Å². The summed E-state index contributed by atoms with van der Waals surface area (Å²) < 4.78 is 45.0. The van der Waals surface area contributed by atoms with E-state index in [1.165, 1.54) is 11.1 Å². The fourth-order valence-electron chi connectivity index (χ4n) is 7.89. The van der Waals surface area contributed by atoms with Crippen LogP contribution in [0, 0.1) is 35.5 Å². The largest absolute Gasteiger partial charge is 0.373 e. The number of rotatable bonds is 1. The second-order valence-electron chi connectivity index (χ2n) is 11.7. The van der Waals surface area contributed by atoms with Crippen molar-refractivity contribution in [2.75, 3.05) is 13.2 Å². The van der Waals surface area contributed by atoms with Crippen LogP contribution >= 0.6 is 0 Å². The molecular weight excluding hydrogens is 406 g/mol. The van der Waals surface area contributed by atoms with Crippen LogP contribution in [0.1, 0.15) is 53.4 Å². The number of alkyl halides is 2. The van der Waals surface area contributed by atoms with Crippen LogP contribution < -0.4 is 0 Å². The zero-order valence-electron chi connectivity index (χ0n) is 19.7. The van der Waals surface area contributed by atoms with Crippen LogP contribution in [0.5, 0.6) is 0 Å². The van der Waals surface area contributed by atoms with Crippen molar-refractivity contribution in [2.24, 2.45) is 35.5 Å². The van der Waals surface area contributed by atoms with Crippen molar-refractivity contribution in [1.29, 1.82) is 0 Å². The molecule has 0 radical (unpaired) electrons. The van der Waals surface area contributed by atoms with Gasteiger partial charge in [-0.3, -0.25) is 0 Å². The van der Waals surface area contributed by atoms with Crippen molar-refractivity contribution in [3.8, 4) is 0 Å². The predicted octanol–water partition coefficient (Wildman–Crippen LogP) is 6.30. The van der Waals surface area contributed by atoms with Crippen molar-refractivity contribution in [3.63, 3.8) is 0 Å². The molecule has 4 aliphatic carbocycles. The van der Waals surface area contributed by atoms with Gasteiger partial charge in [0.25, 0.3) is 0 Å². The average molecular weight is 443 g/mol. The zero-order valence-corrected chi connectivity index (χ0v) is 19.7. The minimum Gasteiger partial charge on any atom is -0.373 e. The molecule has 32 heavy (non-hydrogen) atoms. The van der Waals surface area contributed by atoms with E-state index >= 15 is 8.78 Å². The van der Waals surface area contributed by atoms with Crippen molar-refractivity contribution >= 4 is 0 Å². The lowest BCUT2D eigenvalue weighted by Crippen LogP contribution is -2.45. The fraction of sp³-hybridized carbons (Fsp3) is 0.714. The van der Waals surface area contributed by atoms with Gasteiger partial charge in [0.1, 0.15) is 12.3 Å². The molecule has 0 N–H and O–H groups in total. The Labute approximate surface area is 190 Å². The Hall–Kier alpha value is -1.26. The van der Waals surface area contributed by atoms with Crippen molar-refractivity contribution < 1.29 is 18.3 Å². The fourth-order valence-corrected chi connectivity index (χ4v) is 7.89. The molecule has 0 saturated carbocycles. The molecule has 2 aliphatic heterocycles. The molecule has 6 aliphatic rings. The quantitative estimate of drug-likeness (QED) is 0.475. The summed E-state index contributed by atoms with van der Waals surface area (Å²) in [4.78, 5) is 0. The first kappa shape index (κ1) is 21.3. The maximum Gasteiger partial charge on any atom is 0.128 e. The van der Waals surface area contributed by atoms with Gasteiger partial charge in [-0.2, -0.15) is 0 Å². The summed E-state index contributed by atoms with van der Waals surface area (Å²) in [7, 11) is 0. The number of hydrogen-bond donors (Lipinski definition) is 0. The highest BCUT2D eigenvalue weighted by molar-refractivity contribution is 5.50. The average Bonchev–Trinajstić information content (AvgIpc) is 3.27. The highest BCUT2D eigenvalue weighted by atomic mass is 19.1. The minimum atomic E-state index is -1.17. The first-order chi connectivity index (χ1) is 15.3. The molecule has 2 saturated heterocycles. The standard InChI is InChI=1S/C28H36F2O2/c1-13-5-19-9-17-7-15(3)25(29)23(21(17)27(19)31-11-13)24-22-18(8-16(4)26(24)30)10-20-6-14(2)12-32-28(20)22/h7-8,13-14,19-20,23-28H,5-6,9-12H2,1-4H3/t13?,14?,19?,20?,23-,24?,25?,26?,27?,28?/m0/s1. The van der Waals surface area contributed by atoms with Crippen LogP contribution in [0.15, 0.2) is 45.6 Å². The molecule has 0 aromatic carbocycles. The molecule has 4 heteroatoms. The summed E-state index contributed by atoms with van der Waals surface area (Å²) in [6.07, 6.45) is 5.75. The maximum atomic E-state index is 16.1. The summed E-state index contributed by atoms with van der Waals surface area (Å²) in [5.74, 6) is 0.885. The maximum absolute atomic E-state index is 16.1. The third-order valence-corrected chi connectivity index (χ3v) is 9.12. The van der Waals surface area contributed by atoms with Gasteiger partial charge in [0, 0.05) is 25.0 Å². The monoisotopic (exact) mass is 442 g/mol. The lowest BCUT2D eigenvalue weighted by molar-refractivity contribution is -0.0403. The van der Waals surface area contributed by atoms with Crippen molar-refractivity contribution in [2.45, 2.75) is 77.9 Å². The Kier molecular flexibility index (Phi) is 5.08. The zero-order chi connectivity index (χ0) is 22.3. The Bertz CT molecular complexity index is 867. The van der Waals surface area contributed by atoms with Gasteiger partial charge in [0.05, 0.1) is 12.2 Å². The van der Waals surface area contributed by atoms with Crippen LogP contribution in [0.4, 0.5) is 8.78 Å². The van der Waals surface area contributed by atoms with Gasteiger partial charge in [-0.1, -0.05) is 26.0 Å². The Morgan fingerprint density at radius 2 is 1.12 bits per heavy atom. The first-order valence-corrected chi connectivity index (χ1v) is 12.7. The van der Waals surface area contributed by atoms with Crippen LogP contribution in [-0.2, 0) is 9.47 Å². The second-order valence-corrected chi connectivity index (χ2v) is 11.7. The topological polar surface area (TPSA) is 18.5 Å². The van der Waals surface area contributed by atoms with E-state index in [0.29, 0.717) is 36.9 Å².